The van der Waals surface area contributed by atoms with Crippen molar-refractivity contribution >= 4 is 22.4 Å². The molecule has 1 N–H and O–H groups in total. The lowest BCUT2D eigenvalue weighted by molar-refractivity contribution is -0.115. The molecule has 3 rings (SSSR count). The number of aryl methyl sites for hydroxylation is 1. The van der Waals surface area contributed by atoms with Crippen molar-refractivity contribution in [1.82, 2.24) is 4.98 Å². The summed E-state index contributed by atoms with van der Waals surface area (Å²) >= 11 is 1.42. The molecule has 0 saturated carbocycles. The second-order valence-corrected chi connectivity index (χ2v) is 6.31. The lowest BCUT2D eigenvalue weighted by Gasteiger charge is -2.03. The molecule has 116 valence electrons. The molecule has 0 saturated heterocycles. The van der Waals surface area contributed by atoms with Gasteiger partial charge in [-0.2, -0.15) is 0 Å². The summed E-state index contributed by atoms with van der Waals surface area (Å²) in [6, 6.07) is 16.1. The first-order chi connectivity index (χ1) is 11.1. The molecule has 23 heavy (non-hydrogen) atoms. The van der Waals surface area contributed by atoms with Gasteiger partial charge in [0.05, 0.1) is 12.1 Å². The number of carbonyl (C=O) groups excluding carboxylic acids is 1. The number of carbonyl (C=O) groups is 1. The molecule has 0 fully saturated rings. The minimum absolute atomic E-state index is 0.00797. The van der Waals surface area contributed by atoms with E-state index in [4.69, 9.17) is 0 Å². The second-order valence-electron chi connectivity index (χ2n) is 5.11. The van der Waals surface area contributed by atoms with E-state index in [9.17, 15) is 9.18 Å². The van der Waals surface area contributed by atoms with Gasteiger partial charge in [-0.15, -0.1) is 11.3 Å². The molecule has 1 amide bonds. The molecule has 3 aromatic rings. The van der Waals surface area contributed by atoms with Gasteiger partial charge < -0.3 is 5.32 Å². The number of halogens is 1. The van der Waals surface area contributed by atoms with Gasteiger partial charge in [0.1, 0.15) is 5.82 Å². The van der Waals surface area contributed by atoms with Gasteiger partial charge in [-0.3, -0.25) is 4.79 Å². The van der Waals surface area contributed by atoms with Gasteiger partial charge in [0.15, 0.2) is 5.13 Å². The highest BCUT2D eigenvalue weighted by atomic mass is 32.1. The molecule has 0 radical (unpaired) electrons. The Kier molecular flexibility index (Phi) is 4.48. The zero-order valence-corrected chi connectivity index (χ0v) is 13.4. The Morgan fingerprint density at radius 2 is 1.83 bits per heavy atom. The van der Waals surface area contributed by atoms with Gasteiger partial charge >= 0.3 is 0 Å². The summed E-state index contributed by atoms with van der Waals surface area (Å²) < 4.78 is 13.6. The van der Waals surface area contributed by atoms with Crippen molar-refractivity contribution in [3.05, 3.63) is 70.9 Å². The number of anilines is 1. The van der Waals surface area contributed by atoms with E-state index in [0.29, 0.717) is 10.7 Å². The van der Waals surface area contributed by atoms with Crippen LogP contribution < -0.4 is 5.32 Å². The van der Waals surface area contributed by atoms with E-state index in [1.807, 2.05) is 37.3 Å². The maximum Gasteiger partial charge on any atom is 0.230 e. The number of amides is 1. The van der Waals surface area contributed by atoms with Crippen molar-refractivity contribution < 1.29 is 9.18 Å². The van der Waals surface area contributed by atoms with Crippen LogP contribution in [0.15, 0.2) is 54.6 Å². The van der Waals surface area contributed by atoms with Gasteiger partial charge in [0, 0.05) is 10.4 Å². The first-order valence-corrected chi connectivity index (χ1v) is 8.01. The Labute approximate surface area is 137 Å². The van der Waals surface area contributed by atoms with Crippen LogP contribution in [0, 0.1) is 12.7 Å². The first-order valence-electron chi connectivity index (χ1n) is 7.19. The van der Waals surface area contributed by atoms with Crippen molar-refractivity contribution in [1.29, 1.82) is 0 Å². The van der Waals surface area contributed by atoms with Crippen LogP contribution in [0.25, 0.3) is 11.3 Å². The van der Waals surface area contributed by atoms with Crippen molar-refractivity contribution in [2.45, 2.75) is 13.3 Å². The van der Waals surface area contributed by atoms with Crippen molar-refractivity contribution in [3.63, 3.8) is 0 Å². The normalized spacial score (nSPS) is 10.5. The number of rotatable bonds is 4. The Morgan fingerprint density at radius 1 is 1.13 bits per heavy atom. The van der Waals surface area contributed by atoms with Crippen molar-refractivity contribution in [2.75, 3.05) is 5.32 Å². The third kappa shape index (κ3) is 3.63. The summed E-state index contributed by atoms with van der Waals surface area (Å²) in [6.07, 6.45) is -0.00797. The van der Waals surface area contributed by atoms with Crippen LogP contribution in [0.5, 0.6) is 0 Å². The Bertz CT molecular complexity index is 830. The van der Waals surface area contributed by atoms with Gasteiger partial charge in [-0.05, 0) is 18.6 Å². The van der Waals surface area contributed by atoms with Crippen molar-refractivity contribution in [3.8, 4) is 11.3 Å². The fourth-order valence-corrected chi connectivity index (χ4v) is 3.14. The van der Waals surface area contributed by atoms with Crippen molar-refractivity contribution in [2.24, 2.45) is 0 Å². The van der Waals surface area contributed by atoms with Gasteiger partial charge in [0.25, 0.3) is 0 Å². The van der Waals surface area contributed by atoms with Gasteiger partial charge in [-0.25, -0.2) is 9.37 Å². The van der Waals surface area contributed by atoms with Crippen LogP contribution in [0.2, 0.25) is 0 Å². The number of benzene rings is 2. The van der Waals surface area contributed by atoms with E-state index in [1.165, 1.54) is 17.4 Å². The zero-order valence-electron chi connectivity index (χ0n) is 12.5. The van der Waals surface area contributed by atoms with Gasteiger partial charge in [0.2, 0.25) is 5.91 Å². The molecule has 5 heteroatoms. The van der Waals surface area contributed by atoms with Crippen LogP contribution in [0.1, 0.15) is 10.4 Å². The number of aromatic nitrogens is 1. The lowest BCUT2D eigenvalue weighted by atomic mass is 10.1. The second kappa shape index (κ2) is 6.71. The van der Waals surface area contributed by atoms with E-state index < -0.39 is 0 Å². The SMILES string of the molecule is Cc1sc(NC(=O)Cc2ccccc2F)nc1-c1ccccc1. The zero-order chi connectivity index (χ0) is 16.2. The van der Waals surface area contributed by atoms with Crippen LogP contribution >= 0.6 is 11.3 Å². The van der Waals surface area contributed by atoms with Crippen LogP contribution in [0.4, 0.5) is 9.52 Å². The third-order valence-corrected chi connectivity index (χ3v) is 4.29. The summed E-state index contributed by atoms with van der Waals surface area (Å²) in [5.74, 6) is -0.647. The topological polar surface area (TPSA) is 42.0 Å². The van der Waals surface area contributed by atoms with Crippen LogP contribution in [0.3, 0.4) is 0 Å². The summed E-state index contributed by atoms with van der Waals surface area (Å²) in [5.41, 5.74) is 2.24. The number of nitrogens with one attached hydrogen (secondary N) is 1. The summed E-state index contributed by atoms with van der Waals surface area (Å²) in [7, 11) is 0. The average Bonchev–Trinajstić information content (AvgIpc) is 2.91. The van der Waals surface area contributed by atoms with Crippen LogP contribution in [-0.4, -0.2) is 10.9 Å². The lowest BCUT2D eigenvalue weighted by Crippen LogP contribution is -2.15. The summed E-state index contributed by atoms with van der Waals surface area (Å²) in [6.45, 7) is 1.96. The molecule has 0 atom stereocenters. The standard InChI is InChI=1S/C18H15FN2OS/c1-12-17(13-7-3-2-4-8-13)21-18(23-12)20-16(22)11-14-9-5-6-10-15(14)19/h2-10H,11H2,1H3,(H,20,21,22). The smallest absolute Gasteiger partial charge is 0.230 e. The monoisotopic (exact) mass is 326 g/mol. The molecule has 0 bridgehead atoms. The molecule has 1 aromatic heterocycles. The maximum atomic E-state index is 13.6. The molecule has 0 aliphatic carbocycles. The molecule has 2 aromatic carbocycles. The van der Waals surface area contributed by atoms with E-state index >= 15 is 0 Å². The Morgan fingerprint density at radius 3 is 2.57 bits per heavy atom. The minimum Gasteiger partial charge on any atom is -0.302 e. The molecule has 3 nitrogen and oxygen atoms in total. The predicted octanol–water partition coefficient (Wildman–Crippen LogP) is 4.44. The van der Waals surface area contributed by atoms with E-state index in [0.717, 1.165) is 16.1 Å². The molecule has 0 spiro atoms. The summed E-state index contributed by atoms with van der Waals surface area (Å²) in [4.78, 5) is 17.6. The third-order valence-electron chi connectivity index (χ3n) is 3.40. The molecule has 0 aliphatic heterocycles. The summed E-state index contributed by atoms with van der Waals surface area (Å²) in [5, 5.41) is 3.28. The number of hydrogen-bond acceptors (Lipinski definition) is 3. The number of thiazole rings is 1. The Hall–Kier alpha value is -2.53. The highest BCUT2D eigenvalue weighted by molar-refractivity contribution is 7.16. The fraction of sp³-hybridized carbons (Fsp3) is 0.111. The molecular formula is C18H15FN2OS. The largest absolute Gasteiger partial charge is 0.302 e. The molecule has 1 heterocycles. The van der Waals surface area contributed by atoms with Crippen LogP contribution in [-0.2, 0) is 11.2 Å². The van der Waals surface area contributed by atoms with Gasteiger partial charge in [-0.1, -0.05) is 48.5 Å². The fourth-order valence-electron chi connectivity index (χ4n) is 2.29. The highest BCUT2D eigenvalue weighted by Crippen LogP contribution is 2.30. The average molecular weight is 326 g/mol. The van der Waals surface area contributed by atoms with E-state index in [1.54, 1.807) is 18.2 Å². The first kappa shape index (κ1) is 15.4. The Balaban J connectivity index is 1.74. The minimum atomic E-state index is -0.372. The molecule has 0 unspecified atom stereocenters. The predicted molar refractivity (Wildman–Crippen MR) is 91.0 cm³/mol. The molecule has 0 aliphatic rings. The molecular weight excluding hydrogens is 311 g/mol. The highest BCUT2D eigenvalue weighted by Gasteiger charge is 2.13. The maximum absolute atomic E-state index is 13.6. The van der Waals surface area contributed by atoms with E-state index in [-0.39, 0.29) is 18.1 Å². The quantitative estimate of drug-likeness (QED) is 0.770. The number of nitrogens with zero attached hydrogens (tertiary/aromatic N) is 1. The van der Waals surface area contributed by atoms with E-state index in [2.05, 4.69) is 10.3 Å². The number of hydrogen-bond donors (Lipinski definition) is 1.